The lowest BCUT2D eigenvalue weighted by atomic mass is 10.2. The Kier molecular flexibility index (Phi) is 4.91. The molecule has 0 fully saturated rings. The third-order valence-corrected chi connectivity index (χ3v) is 2.49. The molecule has 98 valence electrons. The van der Waals surface area contributed by atoms with Crippen molar-refractivity contribution in [3.63, 3.8) is 0 Å². The normalized spacial score (nSPS) is 11.7. The maximum absolute atomic E-state index is 11.4. The van der Waals surface area contributed by atoms with Crippen molar-refractivity contribution in [2.24, 2.45) is 0 Å². The Morgan fingerprint density at radius 1 is 1.61 bits per heavy atom. The first-order valence-corrected chi connectivity index (χ1v) is 5.70. The molecule has 0 aliphatic rings. The number of esters is 1. The number of nitrogens with one attached hydrogen (secondary N) is 1. The molecule has 7 heteroatoms. The largest absolute Gasteiger partial charge is 0.464 e. The fourth-order valence-electron chi connectivity index (χ4n) is 1.29. The van der Waals surface area contributed by atoms with Crippen LogP contribution in [0.1, 0.15) is 13.8 Å². The number of halogens is 1. The van der Waals surface area contributed by atoms with Crippen LogP contribution < -0.4 is 5.32 Å². The van der Waals surface area contributed by atoms with E-state index in [4.69, 9.17) is 16.3 Å². The average molecular weight is 273 g/mol. The molecule has 0 aliphatic heterocycles. The Morgan fingerprint density at radius 2 is 2.28 bits per heavy atom. The smallest absolute Gasteiger partial charge is 0.328 e. The van der Waals surface area contributed by atoms with Gasteiger partial charge >= 0.3 is 5.97 Å². The zero-order valence-electron chi connectivity index (χ0n) is 9.97. The Balaban J connectivity index is 2.79. The maximum atomic E-state index is 11.4. The summed E-state index contributed by atoms with van der Waals surface area (Å²) >= 11 is 5.88. The first-order valence-electron chi connectivity index (χ1n) is 5.32. The first-order chi connectivity index (χ1) is 8.45. The van der Waals surface area contributed by atoms with Gasteiger partial charge in [0, 0.05) is 12.1 Å². The van der Waals surface area contributed by atoms with Crippen LogP contribution >= 0.6 is 11.6 Å². The van der Waals surface area contributed by atoms with Crippen molar-refractivity contribution in [3.8, 4) is 0 Å². The van der Waals surface area contributed by atoms with E-state index < -0.39 is 16.9 Å². The van der Waals surface area contributed by atoms with Crippen molar-refractivity contribution in [1.82, 2.24) is 0 Å². The number of ether oxygens (including phenoxy) is 1. The molecule has 6 nitrogen and oxygen atoms in total. The second kappa shape index (κ2) is 6.20. The Hall–Kier alpha value is -1.82. The van der Waals surface area contributed by atoms with Crippen LogP contribution in [0.3, 0.4) is 0 Å². The third-order valence-electron chi connectivity index (χ3n) is 2.18. The predicted octanol–water partition coefficient (Wildman–Crippen LogP) is 2.61. The van der Waals surface area contributed by atoms with Gasteiger partial charge in [0.1, 0.15) is 6.04 Å². The van der Waals surface area contributed by atoms with Crippen LogP contribution in [0.4, 0.5) is 11.4 Å². The van der Waals surface area contributed by atoms with Gasteiger partial charge < -0.3 is 10.1 Å². The molecule has 1 aromatic rings. The molecule has 1 atom stereocenters. The van der Waals surface area contributed by atoms with E-state index in [9.17, 15) is 14.9 Å². The number of carbonyl (C=O) groups is 1. The van der Waals surface area contributed by atoms with E-state index >= 15 is 0 Å². The molecule has 0 heterocycles. The van der Waals surface area contributed by atoms with Crippen molar-refractivity contribution in [2.75, 3.05) is 11.9 Å². The standard InChI is InChI=1S/C11H13ClN2O4/c1-3-18-11(15)7(2)13-10-5-4-8(14(16)17)6-9(10)12/h4-7,13H,3H2,1-2H3. The van der Waals surface area contributed by atoms with Crippen LogP contribution in [0.5, 0.6) is 0 Å². The van der Waals surface area contributed by atoms with E-state index in [2.05, 4.69) is 5.32 Å². The summed E-state index contributed by atoms with van der Waals surface area (Å²) in [5.74, 6) is -0.410. The number of anilines is 1. The number of carbonyl (C=O) groups excluding carboxylic acids is 1. The van der Waals surface area contributed by atoms with Crippen molar-refractivity contribution >= 4 is 28.9 Å². The molecule has 18 heavy (non-hydrogen) atoms. The first kappa shape index (κ1) is 14.2. The zero-order chi connectivity index (χ0) is 13.7. The summed E-state index contributed by atoms with van der Waals surface area (Å²) in [5.41, 5.74) is 0.345. The van der Waals surface area contributed by atoms with Gasteiger partial charge in [-0.05, 0) is 19.9 Å². The van der Waals surface area contributed by atoms with E-state index in [1.165, 1.54) is 18.2 Å². The number of rotatable bonds is 5. The molecule has 1 rings (SSSR count). The van der Waals surface area contributed by atoms with Gasteiger partial charge in [-0.3, -0.25) is 10.1 Å². The highest BCUT2D eigenvalue weighted by molar-refractivity contribution is 6.33. The minimum absolute atomic E-state index is 0.102. The quantitative estimate of drug-likeness (QED) is 0.506. The fourth-order valence-corrected chi connectivity index (χ4v) is 1.52. The minimum atomic E-state index is -0.580. The maximum Gasteiger partial charge on any atom is 0.328 e. The summed E-state index contributed by atoms with van der Waals surface area (Å²) < 4.78 is 4.82. The lowest BCUT2D eigenvalue weighted by Gasteiger charge is -2.14. The fraction of sp³-hybridized carbons (Fsp3) is 0.364. The number of hydrogen-bond donors (Lipinski definition) is 1. The number of non-ortho nitro benzene ring substituents is 1. The van der Waals surface area contributed by atoms with Crippen molar-refractivity contribution < 1.29 is 14.5 Å². The van der Waals surface area contributed by atoms with Gasteiger partial charge in [-0.25, -0.2) is 4.79 Å². The van der Waals surface area contributed by atoms with Gasteiger partial charge in [-0.15, -0.1) is 0 Å². The Morgan fingerprint density at radius 3 is 2.78 bits per heavy atom. The van der Waals surface area contributed by atoms with Crippen LogP contribution in [-0.4, -0.2) is 23.5 Å². The number of nitro benzene ring substituents is 1. The summed E-state index contributed by atoms with van der Waals surface area (Å²) in [6.45, 7) is 3.62. The van der Waals surface area contributed by atoms with Crippen molar-refractivity contribution in [3.05, 3.63) is 33.3 Å². The molecule has 1 aromatic carbocycles. The number of benzene rings is 1. The summed E-state index contributed by atoms with van der Waals surface area (Å²) in [6, 6.07) is 3.41. The summed E-state index contributed by atoms with van der Waals surface area (Å²) in [4.78, 5) is 21.4. The molecule has 0 saturated carbocycles. The summed E-state index contributed by atoms with van der Waals surface area (Å²) in [5, 5.41) is 13.5. The molecule has 0 aromatic heterocycles. The molecule has 0 saturated heterocycles. The predicted molar refractivity (Wildman–Crippen MR) is 67.8 cm³/mol. The summed E-state index contributed by atoms with van der Waals surface area (Å²) in [7, 11) is 0. The SMILES string of the molecule is CCOC(=O)C(C)Nc1ccc([N+](=O)[O-])cc1Cl. The summed E-state index contributed by atoms with van der Waals surface area (Å²) in [6.07, 6.45) is 0. The Bertz CT molecular complexity index is 464. The molecule has 1 N–H and O–H groups in total. The van der Waals surface area contributed by atoms with Crippen LogP contribution in [0.25, 0.3) is 0 Å². The van der Waals surface area contributed by atoms with Crippen LogP contribution in [0.15, 0.2) is 18.2 Å². The number of hydrogen-bond acceptors (Lipinski definition) is 5. The van der Waals surface area contributed by atoms with E-state index in [0.717, 1.165) is 0 Å². The van der Waals surface area contributed by atoms with E-state index in [-0.39, 0.29) is 10.7 Å². The molecule has 0 aliphatic carbocycles. The highest BCUT2D eigenvalue weighted by Crippen LogP contribution is 2.27. The average Bonchev–Trinajstić information content (AvgIpc) is 2.31. The molecule has 0 radical (unpaired) electrons. The topological polar surface area (TPSA) is 81.5 Å². The highest BCUT2D eigenvalue weighted by atomic mass is 35.5. The van der Waals surface area contributed by atoms with Gasteiger partial charge in [0.15, 0.2) is 0 Å². The van der Waals surface area contributed by atoms with E-state index in [0.29, 0.717) is 12.3 Å². The number of nitro groups is 1. The second-order valence-electron chi connectivity index (χ2n) is 3.54. The zero-order valence-corrected chi connectivity index (χ0v) is 10.7. The van der Waals surface area contributed by atoms with Gasteiger partial charge in [0.05, 0.1) is 22.2 Å². The molecule has 0 amide bonds. The molecule has 0 bridgehead atoms. The monoisotopic (exact) mass is 272 g/mol. The van der Waals surface area contributed by atoms with Crippen LogP contribution in [-0.2, 0) is 9.53 Å². The minimum Gasteiger partial charge on any atom is -0.464 e. The molecular weight excluding hydrogens is 260 g/mol. The van der Waals surface area contributed by atoms with Gasteiger partial charge in [-0.2, -0.15) is 0 Å². The van der Waals surface area contributed by atoms with Crippen molar-refractivity contribution in [2.45, 2.75) is 19.9 Å². The van der Waals surface area contributed by atoms with Crippen LogP contribution in [0, 0.1) is 10.1 Å². The lowest BCUT2D eigenvalue weighted by molar-refractivity contribution is -0.384. The van der Waals surface area contributed by atoms with Crippen LogP contribution in [0.2, 0.25) is 5.02 Å². The number of nitrogens with zero attached hydrogens (tertiary/aromatic N) is 1. The van der Waals surface area contributed by atoms with Crippen molar-refractivity contribution in [1.29, 1.82) is 0 Å². The van der Waals surface area contributed by atoms with E-state index in [1.54, 1.807) is 13.8 Å². The van der Waals surface area contributed by atoms with E-state index in [1.807, 2.05) is 0 Å². The van der Waals surface area contributed by atoms with Gasteiger partial charge in [0.25, 0.3) is 5.69 Å². The lowest BCUT2D eigenvalue weighted by Crippen LogP contribution is -2.28. The second-order valence-corrected chi connectivity index (χ2v) is 3.95. The van der Waals surface area contributed by atoms with Gasteiger partial charge in [0.2, 0.25) is 0 Å². The third kappa shape index (κ3) is 3.59. The molecule has 0 spiro atoms. The highest BCUT2D eigenvalue weighted by Gasteiger charge is 2.16. The Labute approximate surface area is 109 Å². The van der Waals surface area contributed by atoms with Gasteiger partial charge in [-0.1, -0.05) is 11.6 Å². The molecule has 1 unspecified atom stereocenters. The molecular formula is C11H13ClN2O4.